The van der Waals surface area contributed by atoms with Crippen LogP contribution in [-0.2, 0) is 23.8 Å². The van der Waals surface area contributed by atoms with E-state index in [0.717, 1.165) is 70.6 Å². The van der Waals surface area contributed by atoms with Gasteiger partial charge in [0.15, 0.2) is 12.4 Å². The van der Waals surface area contributed by atoms with Crippen LogP contribution in [0.5, 0.6) is 0 Å². The highest BCUT2D eigenvalue weighted by atomic mass is 16.7. The van der Waals surface area contributed by atoms with Crippen LogP contribution in [0.2, 0.25) is 0 Å². The Kier molecular flexibility index (Phi) is 60.1. The number of nitrogens with one attached hydrogen (secondary N) is 1. The molecule has 8 unspecified atom stereocenters. The number of amides is 1. The Morgan fingerprint density at radius 2 is 0.793 bits per heavy atom. The topological polar surface area (TPSA) is 175 Å². The molecule has 11 nitrogen and oxygen atoms in total. The maximum absolute atomic E-state index is 13.5. The Morgan fingerprint density at radius 3 is 1.20 bits per heavy atom. The Bertz CT molecular complexity index is 1650. The minimum atomic E-state index is -1.62. The molecule has 1 aliphatic heterocycles. The molecular weight excluding hydrogens is 1090 g/mol. The molecule has 1 saturated heterocycles. The van der Waals surface area contributed by atoms with Crippen LogP contribution < -0.4 is 5.32 Å². The van der Waals surface area contributed by atoms with Crippen molar-refractivity contribution in [3.8, 4) is 0 Å². The van der Waals surface area contributed by atoms with E-state index in [9.17, 15) is 35.1 Å². The molecule has 8 atom stereocenters. The van der Waals surface area contributed by atoms with E-state index in [2.05, 4.69) is 74.7 Å². The van der Waals surface area contributed by atoms with E-state index in [1.54, 1.807) is 6.08 Å². The predicted octanol–water partition coefficient (Wildman–Crippen LogP) is 19.3. The van der Waals surface area contributed by atoms with E-state index in [1.165, 1.54) is 231 Å². The van der Waals surface area contributed by atoms with Gasteiger partial charge in [-0.3, -0.25) is 9.59 Å². The highest BCUT2D eigenvalue weighted by molar-refractivity contribution is 5.80. The van der Waals surface area contributed by atoms with Crippen molar-refractivity contribution in [2.24, 2.45) is 0 Å². The summed E-state index contributed by atoms with van der Waals surface area (Å²) in [5, 5.41) is 57.3. The zero-order valence-electron chi connectivity index (χ0n) is 56.6. The third-order valence-corrected chi connectivity index (χ3v) is 17.4. The lowest BCUT2D eigenvalue weighted by atomic mass is 9.99. The molecule has 0 aromatic carbocycles. The van der Waals surface area contributed by atoms with Gasteiger partial charge in [0.25, 0.3) is 0 Å². The number of esters is 1. The fourth-order valence-corrected chi connectivity index (χ4v) is 11.5. The highest BCUT2D eigenvalue weighted by Gasteiger charge is 2.47. The average Bonchev–Trinajstić information content (AvgIpc) is 2.32. The van der Waals surface area contributed by atoms with Crippen LogP contribution in [0.15, 0.2) is 60.8 Å². The van der Waals surface area contributed by atoms with E-state index in [-0.39, 0.29) is 13.0 Å². The summed E-state index contributed by atoms with van der Waals surface area (Å²) in [5.74, 6) is -1.18. The van der Waals surface area contributed by atoms with Crippen LogP contribution in [0.4, 0.5) is 0 Å². The van der Waals surface area contributed by atoms with Crippen LogP contribution in [0, 0.1) is 0 Å². The fraction of sp³-hybridized carbons (Fsp3) is 0.842. The van der Waals surface area contributed by atoms with E-state index in [1.807, 2.05) is 6.08 Å². The first-order valence-corrected chi connectivity index (χ1v) is 37.1. The van der Waals surface area contributed by atoms with Crippen molar-refractivity contribution >= 4 is 11.9 Å². The molecular formula is C76H139NO10. The quantitative estimate of drug-likeness (QED) is 0.0195. The monoisotopic (exact) mass is 1230 g/mol. The van der Waals surface area contributed by atoms with Gasteiger partial charge in [0.1, 0.15) is 24.4 Å². The van der Waals surface area contributed by atoms with Crippen molar-refractivity contribution in [2.75, 3.05) is 13.2 Å². The molecule has 1 aliphatic rings. The van der Waals surface area contributed by atoms with Gasteiger partial charge in [0.2, 0.25) is 5.91 Å². The molecule has 0 spiro atoms. The number of aliphatic hydroxyl groups is 5. The van der Waals surface area contributed by atoms with Crippen molar-refractivity contribution < 1.29 is 49.3 Å². The number of hydrogen-bond donors (Lipinski definition) is 6. The summed E-state index contributed by atoms with van der Waals surface area (Å²) in [4.78, 5) is 26.7. The summed E-state index contributed by atoms with van der Waals surface area (Å²) in [6.07, 6.45) is 71.1. The Balaban J connectivity index is 2.56. The number of allylic oxidation sites excluding steroid dienone is 9. The first-order chi connectivity index (χ1) is 42.7. The average molecular weight is 1230 g/mol. The van der Waals surface area contributed by atoms with Gasteiger partial charge in [0.05, 0.1) is 25.4 Å². The van der Waals surface area contributed by atoms with Crippen molar-refractivity contribution in [3.05, 3.63) is 60.8 Å². The number of unbranched alkanes of at least 4 members (excludes halogenated alkanes) is 42. The first-order valence-electron chi connectivity index (χ1n) is 37.1. The van der Waals surface area contributed by atoms with Crippen molar-refractivity contribution in [3.63, 3.8) is 0 Å². The third-order valence-electron chi connectivity index (χ3n) is 17.4. The van der Waals surface area contributed by atoms with Crippen LogP contribution in [0.1, 0.15) is 348 Å². The van der Waals surface area contributed by atoms with Crippen LogP contribution >= 0.6 is 0 Å². The van der Waals surface area contributed by atoms with Crippen molar-refractivity contribution in [2.45, 2.75) is 397 Å². The number of hydrogen-bond acceptors (Lipinski definition) is 10. The standard InChI is InChI=1S/C76H139NO10/c1-4-7-10-13-16-19-22-25-27-29-31-33-35-37-39-41-43-46-49-52-55-58-61-64-71(81)87-74-73(83)72(82)70(65-78)86-76(74)85-66-67(68(79)62-59-56-53-50-47-44-24-21-18-15-12-9-6-3)77-75(84)69(80)63-60-57-54-51-48-45-42-40-38-36-34-32-30-28-26-23-20-17-14-11-8-5-2/h16-17,19-20,25-28,59,62,67-70,72-74,76,78-80,82-83H,4-15,18,21-24,29-58,60-61,63-66H2,1-3H3,(H,77,84)/b19-16-,20-17-,27-25-,28-26-,62-59+. The van der Waals surface area contributed by atoms with Gasteiger partial charge in [0, 0.05) is 6.42 Å². The highest BCUT2D eigenvalue weighted by Crippen LogP contribution is 2.26. The smallest absolute Gasteiger partial charge is 0.306 e. The lowest BCUT2D eigenvalue weighted by Gasteiger charge is -2.41. The molecule has 6 N–H and O–H groups in total. The second-order valence-corrected chi connectivity index (χ2v) is 25.7. The van der Waals surface area contributed by atoms with Crippen LogP contribution in [0.25, 0.3) is 0 Å². The number of carbonyl (C=O) groups excluding carboxylic acids is 2. The lowest BCUT2D eigenvalue weighted by Crippen LogP contribution is -2.61. The molecule has 87 heavy (non-hydrogen) atoms. The molecule has 0 aromatic heterocycles. The van der Waals surface area contributed by atoms with Gasteiger partial charge in [-0.05, 0) is 89.9 Å². The van der Waals surface area contributed by atoms with Gasteiger partial charge >= 0.3 is 5.97 Å². The van der Waals surface area contributed by atoms with Gasteiger partial charge in [-0.1, -0.05) is 313 Å². The zero-order chi connectivity index (χ0) is 63.1. The lowest BCUT2D eigenvalue weighted by molar-refractivity contribution is -0.305. The molecule has 0 aliphatic carbocycles. The van der Waals surface area contributed by atoms with Crippen LogP contribution in [-0.4, -0.2) is 99.6 Å². The molecule has 1 fully saturated rings. The molecule has 11 heteroatoms. The summed E-state index contributed by atoms with van der Waals surface area (Å²) in [7, 11) is 0. The Labute approximate surface area is 535 Å². The minimum Gasteiger partial charge on any atom is -0.454 e. The SMILES string of the molecule is CCCCC/C=C\C/C=C\CCCCCCCCCCCCCCCC(=O)OC1C(OCC(NC(=O)C(O)CCCCCCCCCCCCCC/C=C\C/C=C\CCCCC)C(O)/C=C/CCCCCCCCCCCCC)OC(CO)C(O)C1O. The molecule has 0 saturated carbocycles. The molecule has 1 heterocycles. The normalized spacial score (nSPS) is 18.6. The van der Waals surface area contributed by atoms with E-state index in [4.69, 9.17) is 14.2 Å². The maximum Gasteiger partial charge on any atom is 0.306 e. The number of carbonyl (C=O) groups is 2. The molecule has 0 aromatic rings. The van der Waals surface area contributed by atoms with Gasteiger partial charge in [-0.25, -0.2) is 0 Å². The van der Waals surface area contributed by atoms with Gasteiger partial charge < -0.3 is 45.1 Å². The number of ether oxygens (including phenoxy) is 3. The summed E-state index contributed by atoms with van der Waals surface area (Å²) in [6, 6.07) is -1.03. The summed E-state index contributed by atoms with van der Waals surface area (Å²) in [5.41, 5.74) is 0. The van der Waals surface area contributed by atoms with E-state index in [0.29, 0.717) is 19.3 Å². The number of aliphatic hydroxyl groups excluding tert-OH is 5. The molecule has 0 bridgehead atoms. The molecule has 1 rings (SSSR count). The molecule has 1 amide bonds. The van der Waals surface area contributed by atoms with Gasteiger partial charge in [-0.2, -0.15) is 0 Å². The Morgan fingerprint density at radius 1 is 0.448 bits per heavy atom. The summed E-state index contributed by atoms with van der Waals surface area (Å²) < 4.78 is 17.7. The largest absolute Gasteiger partial charge is 0.454 e. The molecule has 508 valence electrons. The summed E-state index contributed by atoms with van der Waals surface area (Å²) in [6.45, 7) is 5.79. The second-order valence-electron chi connectivity index (χ2n) is 25.7. The second kappa shape index (κ2) is 63.5. The molecule has 0 radical (unpaired) electrons. The van der Waals surface area contributed by atoms with Crippen LogP contribution in [0.3, 0.4) is 0 Å². The Hall–Kier alpha value is -2.64. The first kappa shape index (κ1) is 82.4. The van der Waals surface area contributed by atoms with E-state index >= 15 is 0 Å². The minimum absolute atomic E-state index is 0.123. The number of rotatable bonds is 64. The third kappa shape index (κ3) is 50.7. The maximum atomic E-state index is 13.5. The van der Waals surface area contributed by atoms with Crippen molar-refractivity contribution in [1.82, 2.24) is 5.32 Å². The fourth-order valence-electron chi connectivity index (χ4n) is 11.5. The van der Waals surface area contributed by atoms with Gasteiger partial charge in [-0.15, -0.1) is 0 Å². The zero-order valence-corrected chi connectivity index (χ0v) is 56.6. The van der Waals surface area contributed by atoms with E-state index < -0.39 is 67.4 Å². The summed E-state index contributed by atoms with van der Waals surface area (Å²) >= 11 is 0. The van der Waals surface area contributed by atoms with Crippen molar-refractivity contribution in [1.29, 1.82) is 0 Å². The predicted molar refractivity (Wildman–Crippen MR) is 366 cm³/mol.